The van der Waals surface area contributed by atoms with Gasteiger partial charge in [-0.25, -0.2) is 4.79 Å². The quantitative estimate of drug-likeness (QED) is 0.757. The largest absolute Gasteiger partial charge is 0.325 e. The van der Waals surface area contributed by atoms with Crippen LogP contribution in [0.15, 0.2) is 0 Å². The molecule has 4 heteroatoms. The molecule has 96 valence electrons. The molecule has 0 atom stereocenters. The number of nitrogens with zero attached hydrogens (tertiary/aromatic N) is 3. The second kappa shape index (κ2) is 6.48. The van der Waals surface area contributed by atoms with Crippen LogP contribution in [0.25, 0.3) is 0 Å². The highest BCUT2D eigenvalue weighted by Gasteiger charge is 2.25. The lowest BCUT2D eigenvalue weighted by atomic mass is 9.99. The Morgan fingerprint density at radius 1 is 1.47 bits per heavy atom. The summed E-state index contributed by atoms with van der Waals surface area (Å²) in [4.78, 5) is 16.0. The van der Waals surface area contributed by atoms with Gasteiger partial charge in [0.15, 0.2) is 0 Å². The molecule has 1 saturated heterocycles. The molecule has 1 aliphatic rings. The Bertz CT molecular complexity index is 288. The maximum Gasteiger partial charge on any atom is 0.320 e. The molecule has 0 N–H and O–H groups in total. The van der Waals surface area contributed by atoms with Crippen molar-refractivity contribution in [1.29, 1.82) is 5.26 Å². The van der Waals surface area contributed by atoms with Crippen LogP contribution in [0.2, 0.25) is 0 Å². The van der Waals surface area contributed by atoms with E-state index in [9.17, 15) is 4.79 Å². The predicted molar refractivity (Wildman–Crippen MR) is 67.4 cm³/mol. The van der Waals surface area contributed by atoms with E-state index in [-0.39, 0.29) is 12.1 Å². The highest BCUT2D eigenvalue weighted by molar-refractivity contribution is 5.74. The van der Waals surface area contributed by atoms with Crippen molar-refractivity contribution in [3.63, 3.8) is 0 Å². The number of amides is 2. The van der Waals surface area contributed by atoms with Gasteiger partial charge < -0.3 is 9.80 Å². The normalized spacial score (nSPS) is 17.0. The van der Waals surface area contributed by atoms with E-state index in [1.807, 2.05) is 18.7 Å². The minimum atomic E-state index is 0.0992. The second-order valence-electron chi connectivity index (χ2n) is 5.15. The Morgan fingerprint density at radius 2 is 2.06 bits per heavy atom. The molecule has 1 fully saturated rings. The van der Waals surface area contributed by atoms with Gasteiger partial charge in [-0.3, -0.25) is 0 Å². The smallest absolute Gasteiger partial charge is 0.320 e. The lowest BCUT2D eigenvalue weighted by Gasteiger charge is -2.36. The van der Waals surface area contributed by atoms with Gasteiger partial charge >= 0.3 is 6.03 Å². The van der Waals surface area contributed by atoms with Crippen LogP contribution in [0.1, 0.15) is 40.0 Å². The zero-order valence-electron chi connectivity index (χ0n) is 11.1. The summed E-state index contributed by atoms with van der Waals surface area (Å²) >= 11 is 0. The Morgan fingerprint density at radius 3 is 2.53 bits per heavy atom. The van der Waals surface area contributed by atoms with Crippen LogP contribution in [-0.4, -0.2) is 41.5 Å². The van der Waals surface area contributed by atoms with Crippen molar-refractivity contribution >= 4 is 6.03 Å². The molecule has 4 nitrogen and oxygen atoms in total. The Labute approximate surface area is 104 Å². The van der Waals surface area contributed by atoms with Crippen molar-refractivity contribution < 1.29 is 4.79 Å². The molecule has 0 saturated carbocycles. The van der Waals surface area contributed by atoms with E-state index in [1.165, 1.54) is 0 Å². The number of hydrogen-bond acceptors (Lipinski definition) is 2. The Hall–Kier alpha value is -1.24. The van der Waals surface area contributed by atoms with Gasteiger partial charge in [-0.05, 0) is 32.6 Å². The summed E-state index contributed by atoms with van der Waals surface area (Å²) < 4.78 is 0. The van der Waals surface area contributed by atoms with Crippen molar-refractivity contribution in [3.8, 4) is 6.07 Å². The predicted octanol–water partition coefficient (Wildman–Crippen LogP) is 2.46. The summed E-state index contributed by atoms with van der Waals surface area (Å²) in [7, 11) is 0. The third-order valence-corrected chi connectivity index (χ3v) is 3.39. The zero-order valence-corrected chi connectivity index (χ0v) is 11.1. The number of hydrogen-bond donors (Lipinski definition) is 0. The number of rotatable bonds is 3. The van der Waals surface area contributed by atoms with Crippen LogP contribution in [0.3, 0.4) is 0 Å². The van der Waals surface area contributed by atoms with E-state index >= 15 is 0 Å². The molecule has 2 amide bonds. The fraction of sp³-hybridized carbons (Fsp3) is 0.846. The first-order valence-corrected chi connectivity index (χ1v) is 6.48. The molecule has 1 heterocycles. The van der Waals surface area contributed by atoms with Crippen LogP contribution in [0.5, 0.6) is 0 Å². The second-order valence-corrected chi connectivity index (χ2v) is 5.15. The minimum absolute atomic E-state index is 0.0992. The lowest BCUT2D eigenvalue weighted by molar-refractivity contribution is 0.124. The van der Waals surface area contributed by atoms with Crippen LogP contribution in [-0.2, 0) is 0 Å². The van der Waals surface area contributed by atoms with Gasteiger partial charge in [-0.15, -0.1) is 0 Å². The molecule has 0 aromatic carbocycles. The molecule has 0 bridgehead atoms. The molecule has 0 spiro atoms. The maximum absolute atomic E-state index is 12.3. The van der Waals surface area contributed by atoms with Gasteiger partial charge in [0.25, 0.3) is 0 Å². The van der Waals surface area contributed by atoms with Crippen LogP contribution < -0.4 is 0 Å². The number of piperidine rings is 1. The van der Waals surface area contributed by atoms with E-state index in [4.69, 9.17) is 5.26 Å². The molecular formula is C13H23N3O. The third kappa shape index (κ3) is 3.92. The molecule has 0 aromatic heterocycles. The highest BCUT2D eigenvalue weighted by Crippen LogP contribution is 2.18. The lowest BCUT2D eigenvalue weighted by Crippen LogP contribution is -2.49. The number of carbonyl (C=O) groups excluding carboxylic acids is 1. The van der Waals surface area contributed by atoms with Crippen molar-refractivity contribution in [2.24, 2.45) is 5.92 Å². The first-order chi connectivity index (χ1) is 8.06. The molecule has 17 heavy (non-hydrogen) atoms. The molecule has 0 aliphatic carbocycles. The van der Waals surface area contributed by atoms with Crippen molar-refractivity contribution in [2.75, 3.05) is 19.6 Å². The van der Waals surface area contributed by atoms with E-state index < -0.39 is 0 Å². The molecule has 1 aliphatic heterocycles. The summed E-state index contributed by atoms with van der Waals surface area (Å²) in [5.74, 6) is 0.727. The Kier molecular flexibility index (Phi) is 5.27. The first-order valence-electron chi connectivity index (χ1n) is 6.48. The average Bonchev–Trinajstić information content (AvgIpc) is 2.29. The standard InChI is InChI=1S/C13H23N3O/c1-11(2)16(8-4-7-14)13(17)15-9-5-12(3)6-10-15/h11-12H,4-6,8-10H2,1-3H3. The first kappa shape index (κ1) is 13.8. The van der Waals surface area contributed by atoms with Gasteiger partial charge in [-0.1, -0.05) is 6.92 Å². The van der Waals surface area contributed by atoms with Crippen LogP contribution in [0, 0.1) is 17.2 Å². The van der Waals surface area contributed by atoms with Gasteiger partial charge in [0.2, 0.25) is 0 Å². The van der Waals surface area contributed by atoms with Crippen molar-refractivity contribution in [1.82, 2.24) is 9.80 Å². The van der Waals surface area contributed by atoms with Gasteiger partial charge in [-0.2, -0.15) is 5.26 Å². The number of carbonyl (C=O) groups is 1. The molecule has 0 radical (unpaired) electrons. The van der Waals surface area contributed by atoms with Crippen LogP contribution in [0.4, 0.5) is 4.79 Å². The summed E-state index contributed by atoms with van der Waals surface area (Å²) in [6, 6.07) is 2.37. The number of urea groups is 1. The van der Waals surface area contributed by atoms with Gasteiger partial charge in [0, 0.05) is 25.7 Å². The number of likely N-dealkylation sites (tertiary alicyclic amines) is 1. The summed E-state index contributed by atoms with van der Waals surface area (Å²) in [6.07, 6.45) is 2.60. The van der Waals surface area contributed by atoms with E-state index in [0.29, 0.717) is 13.0 Å². The molecular weight excluding hydrogens is 214 g/mol. The molecule has 0 aromatic rings. The third-order valence-electron chi connectivity index (χ3n) is 3.39. The SMILES string of the molecule is CC1CCN(C(=O)N(CCC#N)C(C)C)CC1. The molecule has 1 rings (SSSR count). The monoisotopic (exact) mass is 237 g/mol. The van der Waals surface area contributed by atoms with E-state index in [2.05, 4.69) is 13.0 Å². The maximum atomic E-state index is 12.3. The van der Waals surface area contributed by atoms with Crippen molar-refractivity contribution in [3.05, 3.63) is 0 Å². The zero-order chi connectivity index (χ0) is 12.8. The fourth-order valence-corrected chi connectivity index (χ4v) is 2.13. The van der Waals surface area contributed by atoms with E-state index in [0.717, 1.165) is 31.8 Å². The molecule has 0 unspecified atom stereocenters. The topological polar surface area (TPSA) is 47.3 Å². The van der Waals surface area contributed by atoms with Crippen molar-refractivity contribution in [2.45, 2.75) is 46.1 Å². The summed E-state index contributed by atoms with van der Waals surface area (Å²) in [5.41, 5.74) is 0. The average molecular weight is 237 g/mol. The minimum Gasteiger partial charge on any atom is -0.325 e. The van der Waals surface area contributed by atoms with E-state index in [1.54, 1.807) is 4.90 Å². The van der Waals surface area contributed by atoms with Gasteiger partial charge in [0.05, 0.1) is 12.5 Å². The summed E-state index contributed by atoms with van der Waals surface area (Å²) in [6.45, 7) is 8.49. The van der Waals surface area contributed by atoms with Gasteiger partial charge in [0.1, 0.15) is 0 Å². The highest BCUT2D eigenvalue weighted by atomic mass is 16.2. The fourth-order valence-electron chi connectivity index (χ4n) is 2.13. The summed E-state index contributed by atoms with van der Waals surface area (Å²) in [5, 5.41) is 8.62. The Balaban J connectivity index is 2.55. The number of nitriles is 1. The van der Waals surface area contributed by atoms with Crippen LogP contribution >= 0.6 is 0 Å².